The molecule has 1 heterocycles. The predicted molar refractivity (Wildman–Crippen MR) is 82.2 cm³/mol. The SMILES string of the molecule is COc1ccc(Oc2ccc(NC(=O)CC(C)O)cn2)cc1. The van der Waals surface area contributed by atoms with E-state index >= 15 is 0 Å². The lowest BCUT2D eigenvalue weighted by molar-refractivity contribution is -0.117. The van der Waals surface area contributed by atoms with E-state index in [0.29, 0.717) is 17.3 Å². The fraction of sp³-hybridized carbons (Fsp3) is 0.250. The molecular formula is C16H18N2O4. The summed E-state index contributed by atoms with van der Waals surface area (Å²) < 4.78 is 10.7. The van der Waals surface area contributed by atoms with E-state index in [4.69, 9.17) is 14.6 Å². The number of carbonyl (C=O) groups is 1. The van der Waals surface area contributed by atoms with E-state index in [1.54, 1.807) is 50.4 Å². The molecule has 0 radical (unpaired) electrons. The Hall–Kier alpha value is -2.60. The van der Waals surface area contributed by atoms with Crippen LogP contribution in [0.1, 0.15) is 13.3 Å². The van der Waals surface area contributed by atoms with Crippen molar-refractivity contribution in [2.24, 2.45) is 0 Å². The summed E-state index contributed by atoms with van der Waals surface area (Å²) in [6.45, 7) is 1.56. The second-order valence-corrected chi connectivity index (χ2v) is 4.76. The van der Waals surface area contributed by atoms with E-state index in [2.05, 4.69) is 10.3 Å². The Bertz CT molecular complexity index is 609. The fourth-order valence-electron chi connectivity index (χ4n) is 1.76. The van der Waals surface area contributed by atoms with Crippen molar-refractivity contribution < 1.29 is 19.4 Å². The number of amides is 1. The number of nitrogens with zero attached hydrogens (tertiary/aromatic N) is 1. The lowest BCUT2D eigenvalue weighted by atomic mass is 10.2. The minimum absolute atomic E-state index is 0.0457. The number of rotatable bonds is 6. The lowest BCUT2D eigenvalue weighted by Crippen LogP contribution is -2.17. The minimum atomic E-state index is -0.675. The highest BCUT2D eigenvalue weighted by Gasteiger charge is 2.07. The van der Waals surface area contributed by atoms with Crippen LogP contribution in [0.2, 0.25) is 0 Å². The molecule has 0 saturated carbocycles. The van der Waals surface area contributed by atoms with E-state index in [9.17, 15) is 4.79 Å². The van der Waals surface area contributed by atoms with E-state index in [0.717, 1.165) is 5.75 Å². The van der Waals surface area contributed by atoms with Gasteiger partial charge >= 0.3 is 0 Å². The zero-order chi connectivity index (χ0) is 15.9. The maximum absolute atomic E-state index is 11.5. The van der Waals surface area contributed by atoms with Gasteiger partial charge < -0.3 is 19.9 Å². The zero-order valence-electron chi connectivity index (χ0n) is 12.4. The van der Waals surface area contributed by atoms with Crippen LogP contribution in [0, 0.1) is 0 Å². The Labute approximate surface area is 128 Å². The van der Waals surface area contributed by atoms with Crippen molar-refractivity contribution in [2.75, 3.05) is 12.4 Å². The van der Waals surface area contributed by atoms with Gasteiger partial charge in [0.1, 0.15) is 11.5 Å². The number of methoxy groups -OCH3 is 1. The van der Waals surface area contributed by atoms with E-state index in [1.165, 1.54) is 6.20 Å². The molecule has 0 spiro atoms. The first-order valence-electron chi connectivity index (χ1n) is 6.82. The number of aromatic nitrogens is 1. The number of benzene rings is 1. The predicted octanol–water partition coefficient (Wildman–Crippen LogP) is 2.59. The largest absolute Gasteiger partial charge is 0.497 e. The molecule has 2 N–H and O–H groups in total. The number of aliphatic hydroxyl groups is 1. The van der Waals surface area contributed by atoms with Gasteiger partial charge in [0.25, 0.3) is 0 Å². The molecule has 0 aliphatic carbocycles. The quantitative estimate of drug-likeness (QED) is 0.857. The molecule has 1 aromatic carbocycles. The molecule has 2 aromatic rings. The smallest absolute Gasteiger partial charge is 0.227 e. The highest BCUT2D eigenvalue weighted by Crippen LogP contribution is 2.23. The van der Waals surface area contributed by atoms with Gasteiger partial charge in [0.05, 0.1) is 31.5 Å². The molecule has 2 rings (SSSR count). The van der Waals surface area contributed by atoms with Crippen LogP contribution >= 0.6 is 0 Å². The van der Waals surface area contributed by atoms with E-state index in [1.807, 2.05) is 0 Å². The summed E-state index contributed by atoms with van der Waals surface area (Å²) in [4.78, 5) is 15.6. The Morgan fingerprint density at radius 3 is 2.45 bits per heavy atom. The van der Waals surface area contributed by atoms with Crippen LogP contribution < -0.4 is 14.8 Å². The average Bonchev–Trinajstić information content (AvgIpc) is 2.49. The molecule has 0 saturated heterocycles. The molecule has 22 heavy (non-hydrogen) atoms. The Morgan fingerprint density at radius 1 is 1.23 bits per heavy atom. The number of aliphatic hydroxyl groups excluding tert-OH is 1. The van der Waals surface area contributed by atoms with Gasteiger partial charge in [-0.3, -0.25) is 4.79 Å². The lowest BCUT2D eigenvalue weighted by Gasteiger charge is -2.08. The second-order valence-electron chi connectivity index (χ2n) is 4.76. The molecule has 1 unspecified atom stereocenters. The third kappa shape index (κ3) is 4.75. The summed E-state index contributed by atoms with van der Waals surface area (Å²) >= 11 is 0. The first-order valence-corrected chi connectivity index (χ1v) is 6.82. The number of hydrogen-bond acceptors (Lipinski definition) is 5. The second kappa shape index (κ2) is 7.42. The van der Waals surface area contributed by atoms with Gasteiger partial charge in [0.2, 0.25) is 11.8 Å². The van der Waals surface area contributed by atoms with Crippen molar-refractivity contribution in [3.8, 4) is 17.4 Å². The van der Waals surface area contributed by atoms with Gasteiger partial charge in [-0.05, 0) is 37.3 Å². The third-order valence-electron chi connectivity index (χ3n) is 2.78. The number of pyridine rings is 1. The molecule has 1 amide bonds. The highest BCUT2D eigenvalue weighted by atomic mass is 16.5. The molecule has 0 bridgehead atoms. The molecule has 0 aliphatic heterocycles. The highest BCUT2D eigenvalue weighted by molar-refractivity contribution is 5.90. The fourth-order valence-corrected chi connectivity index (χ4v) is 1.76. The van der Waals surface area contributed by atoms with Crippen molar-refractivity contribution in [1.29, 1.82) is 0 Å². The molecular weight excluding hydrogens is 284 g/mol. The summed E-state index contributed by atoms with van der Waals surface area (Å²) in [5.74, 6) is 1.54. The van der Waals surface area contributed by atoms with Gasteiger partial charge in [0.15, 0.2) is 0 Å². The number of carbonyl (C=O) groups excluding carboxylic acids is 1. The van der Waals surface area contributed by atoms with Crippen LogP contribution in [0.3, 0.4) is 0 Å². The standard InChI is InChI=1S/C16H18N2O4/c1-11(19)9-15(20)18-12-3-8-16(17-10-12)22-14-6-4-13(21-2)5-7-14/h3-8,10-11,19H,9H2,1-2H3,(H,18,20). The summed E-state index contributed by atoms with van der Waals surface area (Å²) in [5.41, 5.74) is 0.549. The van der Waals surface area contributed by atoms with Crippen molar-refractivity contribution in [3.05, 3.63) is 42.6 Å². The van der Waals surface area contributed by atoms with Crippen molar-refractivity contribution >= 4 is 11.6 Å². The van der Waals surface area contributed by atoms with Crippen LogP contribution in [0.5, 0.6) is 17.4 Å². The molecule has 1 aromatic heterocycles. The van der Waals surface area contributed by atoms with Crippen LogP contribution in [0.25, 0.3) is 0 Å². The Morgan fingerprint density at radius 2 is 1.91 bits per heavy atom. The number of nitrogens with one attached hydrogen (secondary N) is 1. The maximum atomic E-state index is 11.5. The van der Waals surface area contributed by atoms with E-state index < -0.39 is 6.10 Å². The van der Waals surface area contributed by atoms with Crippen LogP contribution in [-0.2, 0) is 4.79 Å². The summed E-state index contributed by atoms with van der Waals surface area (Å²) in [6, 6.07) is 10.5. The van der Waals surface area contributed by atoms with E-state index in [-0.39, 0.29) is 12.3 Å². The van der Waals surface area contributed by atoms with Crippen molar-refractivity contribution in [1.82, 2.24) is 4.98 Å². The zero-order valence-corrected chi connectivity index (χ0v) is 12.4. The first kappa shape index (κ1) is 15.8. The normalized spacial score (nSPS) is 11.6. The molecule has 6 heteroatoms. The van der Waals surface area contributed by atoms with Gasteiger partial charge in [-0.2, -0.15) is 0 Å². The molecule has 6 nitrogen and oxygen atoms in total. The number of ether oxygens (including phenoxy) is 2. The average molecular weight is 302 g/mol. The van der Waals surface area contributed by atoms with Crippen LogP contribution in [0.15, 0.2) is 42.6 Å². The topological polar surface area (TPSA) is 80.7 Å². The van der Waals surface area contributed by atoms with Gasteiger partial charge in [0, 0.05) is 6.07 Å². The van der Waals surface area contributed by atoms with Gasteiger partial charge in [-0.15, -0.1) is 0 Å². The first-order chi connectivity index (χ1) is 10.6. The monoisotopic (exact) mass is 302 g/mol. The molecule has 0 aliphatic rings. The summed E-state index contributed by atoms with van der Waals surface area (Å²) in [6.07, 6.45) is 0.869. The maximum Gasteiger partial charge on any atom is 0.227 e. The van der Waals surface area contributed by atoms with Crippen LogP contribution in [-0.4, -0.2) is 29.2 Å². The summed E-state index contributed by atoms with van der Waals surface area (Å²) in [5, 5.41) is 11.8. The number of hydrogen-bond donors (Lipinski definition) is 2. The summed E-state index contributed by atoms with van der Waals surface area (Å²) in [7, 11) is 1.60. The molecule has 1 atom stereocenters. The molecule has 116 valence electrons. The number of anilines is 1. The van der Waals surface area contributed by atoms with Crippen LogP contribution in [0.4, 0.5) is 5.69 Å². The van der Waals surface area contributed by atoms with Crippen molar-refractivity contribution in [3.63, 3.8) is 0 Å². The minimum Gasteiger partial charge on any atom is -0.497 e. The third-order valence-corrected chi connectivity index (χ3v) is 2.78. The van der Waals surface area contributed by atoms with Crippen molar-refractivity contribution in [2.45, 2.75) is 19.4 Å². The van der Waals surface area contributed by atoms with Gasteiger partial charge in [-0.25, -0.2) is 4.98 Å². The Balaban J connectivity index is 1.94. The van der Waals surface area contributed by atoms with Gasteiger partial charge in [-0.1, -0.05) is 0 Å². The molecule has 0 fully saturated rings. The Kier molecular flexibility index (Phi) is 5.32.